The van der Waals surface area contributed by atoms with Gasteiger partial charge in [0.2, 0.25) is 0 Å². The van der Waals surface area contributed by atoms with Gasteiger partial charge in [-0.05, 0) is 11.8 Å². The summed E-state index contributed by atoms with van der Waals surface area (Å²) in [6, 6.07) is 0. The van der Waals surface area contributed by atoms with Crippen molar-refractivity contribution in [1.29, 1.82) is 0 Å². The highest BCUT2D eigenvalue weighted by Gasteiger charge is 2.39. The predicted octanol–water partition coefficient (Wildman–Crippen LogP) is -1.07. The molecule has 0 spiro atoms. The Kier molecular flexibility index (Phi) is 5.45. The zero-order chi connectivity index (χ0) is 13.8. The Balaban J connectivity index is 1.81. The summed E-state index contributed by atoms with van der Waals surface area (Å²) < 4.78 is 7.86. The van der Waals surface area contributed by atoms with Gasteiger partial charge in [0.25, 0.3) is 0 Å². The van der Waals surface area contributed by atoms with Crippen LogP contribution in [0.3, 0.4) is 0 Å². The first kappa shape index (κ1) is 15.3. The molecule has 0 aromatic rings. The minimum Gasteiger partial charge on any atom is -0.314 e. The lowest BCUT2D eigenvalue weighted by molar-refractivity contribution is 0.268. The van der Waals surface area contributed by atoms with E-state index in [1.54, 1.807) is 0 Å². The van der Waals surface area contributed by atoms with Gasteiger partial charge in [0.1, 0.15) is 6.49 Å². The van der Waals surface area contributed by atoms with Gasteiger partial charge in [0, 0.05) is 78.5 Å². The van der Waals surface area contributed by atoms with E-state index in [4.69, 9.17) is 11.8 Å². The highest BCUT2D eigenvalue weighted by atomic mass is 32.4. The second kappa shape index (κ2) is 7.11. The molecule has 3 rings (SSSR count). The molecule has 3 heterocycles. The van der Waals surface area contributed by atoms with Crippen molar-refractivity contribution < 1.29 is 0 Å². The van der Waals surface area contributed by atoms with E-state index in [1.165, 1.54) is 0 Å². The van der Waals surface area contributed by atoms with E-state index in [2.05, 4.69) is 30.0 Å². The Labute approximate surface area is 127 Å². The van der Waals surface area contributed by atoms with Crippen molar-refractivity contribution in [2.24, 2.45) is 0 Å². The molecule has 116 valence electrons. The SMILES string of the molecule is S=P(N1CCNCC1)(N1CCNCC1)N1CCNCC1. The Morgan fingerprint density at radius 1 is 0.550 bits per heavy atom. The van der Waals surface area contributed by atoms with Gasteiger partial charge in [-0.15, -0.1) is 0 Å². The minimum absolute atomic E-state index is 1.08. The topological polar surface area (TPSA) is 45.8 Å². The van der Waals surface area contributed by atoms with Crippen LogP contribution in [0, 0.1) is 0 Å². The standard InChI is InChI=1S/C12H27N6PS/c20-19(16-7-1-13-2-8-16,17-9-3-14-4-10-17)18-11-5-15-6-12-18/h13-15H,1-12H2. The van der Waals surface area contributed by atoms with Crippen molar-refractivity contribution in [3.05, 3.63) is 0 Å². The molecule has 0 unspecified atom stereocenters. The summed E-state index contributed by atoms with van der Waals surface area (Å²) >= 11 is 6.37. The molecule has 3 saturated heterocycles. The molecule has 20 heavy (non-hydrogen) atoms. The van der Waals surface area contributed by atoms with Crippen molar-refractivity contribution in [1.82, 2.24) is 30.0 Å². The molecule has 3 N–H and O–H groups in total. The quantitative estimate of drug-likeness (QED) is 0.573. The maximum Gasteiger partial charge on any atom is 0.145 e. The van der Waals surface area contributed by atoms with Crippen LogP contribution in [0.25, 0.3) is 0 Å². The number of hydrogen-bond donors (Lipinski definition) is 3. The average molecular weight is 318 g/mol. The van der Waals surface area contributed by atoms with Crippen LogP contribution < -0.4 is 16.0 Å². The van der Waals surface area contributed by atoms with E-state index in [0.29, 0.717) is 0 Å². The van der Waals surface area contributed by atoms with Crippen LogP contribution in [0.15, 0.2) is 0 Å². The van der Waals surface area contributed by atoms with Crippen LogP contribution in [0.1, 0.15) is 0 Å². The van der Waals surface area contributed by atoms with Gasteiger partial charge in [-0.3, -0.25) is 0 Å². The molecule has 0 amide bonds. The summed E-state index contributed by atoms with van der Waals surface area (Å²) in [5, 5.41) is 10.4. The largest absolute Gasteiger partial charge is 0.314 e. The number of nitrogens with zero attached hydrogens (tertiary/aromatic N) is 3. The predicted molar refractivity (Wildman–Crippen MR) is 87.6 cm³/mol. The van der Waals surface area contributed by atoms with Crippen molar-refractivity contribution in [2.75, 3.05) is 78.5 Å². The Morgan fingerprint density at radius 3 is 1.05 bits per heavy atom. The maximum atomic E-state index is 6.37. The first-order valence-electron chi connectivity index (χ1n) is 7.80. The lowest BCUT2D eigenvalue weighted by Gasteiger charge is -2.51. The van der Waals surface area contributed by atoms with Crippen LogP contribution in [0.5, 0.6) is 0 Å². The molecule has 3 fully saturated rings. The van der Waals surface area contributed by atoms with Gasteiger partial charge in [-0.2, -0.15) is 0 Å². The van der Waals surface area contributed by atoms with Crippen molar-refractivity contribution in [3.63, 3.8) is 0 Å². The summed E-state index contributed by atoms with van der Waals surface area (Å²) in [5.74, 6) is 0. The second-order valence-electron chi connectivity index (χ2n) is 5.62. The van der Waals surface area contributed by atoms with Crippen molar-refractivity contribution >= 4 is 18.3 Å². The summed E-state index contributed by atoms with van der Waals surface area (Å²) in [7, 11) is 0. The maximum absolute atomic E-state index is 6.37. The highest BCUT2D eigenvalue weighted by molar-refractivity contribution is 8.11. The van der Waals surface area contributed by atoms with Crippen molar-refractivity contribution in [2.45, 2.75) is 0 Å². The van der Waals surface area contributed by atoms with Crippen molar-refractivity contribution in [3.8, 4) is 0 Å². The molecule has 3 aliphatic rings. The summed E-state index contributed by atoms with van der Waals surface area (Å²) in [6.45, 7) is 11.4. The number of nitrogens with one attached hydrogen (secondary N) is 3. The first-order valence-corrected chi connectivity index (χ1v) is 10.5. The molecule has 0 radical (unpaired) electrons. The van der Waals surface area contributed by atoms with Gasteiger partial charge in [-0.25, -0.2) is 14.0 Å². The third-order valence-corrected chi connectivity index (χ3v) is 9.87. The molecule has 0 atom stereocenters. The second-order valence-corrected chi connectivity index (χ2v) is 9.82. The minimum atomic E-state index is -1.73. The molecule has 0 aromatic heterocycles. The van der Waals surface area contributed by atoms with E-state index in [0.717, 1.165) is 78.5 Å². The molecule has 3 aliphatic heterocycles. The van der Waals surface area contributed by atoms with E-state index in [1.807, 2.05) is 0 Å². The van der Waals surface area contributed by atoms with Gasteiger partial charge in [-0.1, -0.05) is 0 Å². The van der Waals surface area contributed by atoms with E-state index < -0.39 is 6.49 Å². The zero-order valence-electron chi connectivity index (χ0n) is 12.2. The summed E-state index contributed by atoms with van der Waals surface area (Å²) in [4.78, 5) is 0. The molecule has 6 nitrogen and oxygen atoms in total. The van der Waals surface area contributed by atoms with Crippen LogP contribution >= 0.6 is 6.49 Å². The molecule has 0 saturated carbocycles. The Bertz CT molecular complexity index is 298. The Hall–Kier alpha value is 0.410. The summed E-state index contributed by atoms with van der Waals surface area (Å²) in [5.41, 5.74) is 0. The first-order chi connectivity index (χ1) is 9.82. The van der Waals surface area contributed by atoms with Crippen LogP contribution in [0.2, 0.25) is 0 Å². The lowest BCUT2D eigenvalue weighted by atomic mass is 10.4. The van der Waals surface area contributed by atoms with Crippen LogP contribution in [0.4, 0.5) is 0 Å². The fourth-order valence-corrected chi connectivity index (χ4v) is 7.98. The van der Waals surface area contributed by atoms with Gasteiger partial charge in [0.05, 0.1) is 0 Å². The number of hydrogen-bond acceptors (Lipinski definition) is 4. The third kappa shape index (κ3) is 3.10. The molecule has 8 heteroatoms. The van der Waals surface area contributed by atoms with E-state index >= 15 is 0 Å². The molecule has 0 aliphatic carbocycles. The fourth-order valence-electron chi connectivity index (χ4n) is 3.28. The van der Waals surface area contributed by atoms with Gasteiger partial charge in [0.15, 0.2) is 0 Å². The highest BCUT2D eigenvalue weighted by Crippen LogP contribution is 2.56. The molecular weight excluding hydrogens is 291 g/mol. The number of piperazine rings is 3. The zero-order valence-corrected chi connectivity index (χ0v) is 13.9. The Morgan fingerprint density at radius 2 is 0.800 bits per heavy atom. The fraction of sp³-hybridized carbons (Fsp3) is 1.00. The molecule has 0 aromatic carbocycles. The lowest BCUT2D eigenvalue weighted by Crippen LogP contribution is -2.55. The monoisotopic (exact) mass is 318 g/mol. The molecular formula is C12H27N6PS. The van der Waals surface area contributed by atoms with Crippen LogP contribution in [-0.2, 0) is 11.8 Å². The average Bonchev–Trinajstić information content (AvgIpc) is 2.56. The third-order valence-electron chi connectivity index (χ3n) is 4.39. The number of rotatable bonds is 3. The smallest absolute Gasteiger partial charge is 0.145 e. The summed E-state index contributed by atoms with van der Waals surface area (Å²) in [6.07, 6.45) is 0. The van der Waals surface area contributed by atoms with E-state index in [-0.39, 0.29) is 0 Å². The normalized spacial score (nSPS) is 28.6. The van der Waals surface area contributed by atoms with E-state index in [9.17, 15) is 0 Å². The molecule has 0 bridgehead atoms. The van der Waals surface area contributed by atoms with Crippen LogP contribution in [-0.4, -0.2) is 92.5 Å². The van der Waals surface area contributed by atoms with Gasteiger partial charge < -0.3 is 16.0 Å². The van der Waals surface area contributed by atoms with Gasteiger partial charge >= 0.3 is 0 Å².